The topological polar surface area (TPSA) is 32.3 Å². The van der Waals surface area contributed by atoms with Gasteiger partial charge in [-0.15, -0.1) is 0 Å². The van der Waals surface area contributed by atoms with Gasteiger partial charge in [-0.2, -0.15) is 0 Å². The van der Waals surface area contributed by atoms with E-state index in [0.717, 1.165) is 18.2 Å². The third-order valence-corrected chi connectivity index (χ3v) is 2.74. The van der Waals surface area contributed by atoms with Crippen molar-refractivity contribution in [3.05, 3.63) is 35.4 Å². The summed E-state index contributed by atoms with van der Waals surface area (Å²) in [6, 6.07) is 3.29. The van der Waals surface area contributed by atoms with Crippen LogP contribution in [0.3, 0.4) is 0 Å². The highest BCUT2D eigenvalue weighted by molar-refractivity contribution is 5.76. The Morgan fingerprint density at radius 3 is 2.78 bits per heavy atom. The number of carbonyl (C=O) groups excluding carboxylic acids is 1. The Balaban J connectivity index is 2.49. The first-order chi connectivity index (χ1) is 8.54. The number of rotatable bonds is 6. The number of nitrogens with zero attached hydrogens (tertiary/aromatic N) is 1. The van der Waals surface area contributed by atoms with Crippen LogP contribution in [0.5, 0.6) is 0 Å². The maximum absolute atomic E-state index is 13.3. The average Bonchev–Trinajstić information content (AvgIpc) is 2.36. The molecule has 0 aliphatic heterocycles. The molecule has 0 aliphatic carbocycles. The van der Waals surface area contributed by atoms with E-state index in [2.05, 4.69) is 5.32 Å². The summed E-state index contributed by atoms with van der Waals surface area (Å²) >= 11 is 0. The van der Waals surface area contributed by atoms with Crippen LogP contribution in [0.4, 0.5) is 8.78 Å². The maximum Gasteiger partial charge on any atom is 0.222 e. The second kappa shape index (κ2) is 7.06. The maximum atomic E-state index is 13.3. The number of hydrogen-bond acceptors (Lipinski definition) is 2. The molecule has 0 aromatic heterocycles. The van der Waals surface area contributed by atoms with Crippen LogP contribution in [0.2, 0.25) is 0 Å². The number of nitrogens with one attached hydrogen (secondary N) is 1. The van der Waals surface area contributed by atoms with Crippen LogP contribution in [0.25, 0.3) is 0 Å². The Kier molecular flexibility index (Phi) is 5.71. The highest BCUT2D eigenvalue weighted by Crippen LogP contribution is 2.12. The van der Waals surface area contributed by atoms with Crippen LogP contribution in [0, 0.1) is 11.6 Å². The molecular formula is C13H18F2N2O. The quantitative estimate of drug-likeness (QED) is 0.838. The average molecular weight is 256 g/mol. The fourth-order valence-corrected chi connectivity index (χ4v) is 1.57. The lowest BCUT2D eigenvalue weighted by molar-refractivity contribution is -0.129. The minimum atomic E-state index is -0.484. The van der Waals surface area contributed by atoms with Gasteiger partial charge in [-0.3, -0.25) is 4.79 Å². The number of amides is 1. The van der Waals surface area contributed by atoms with Crippen molar-refractivity contribution in [1.82, 2.24) is 10.2 Å². The standard InChI is InChI=1S/C13H18F2N2O/c1-16-7-8-17(2)13(18)6-3-10-9-11(14)4-5-12(10)15/h4-5,9,16H,3,6-8H2,1-2H3. The van der Waals surface area contributed by atoms with Crippen LogP contribution in [-0.2, 0) is 11.2 Å². The predicted molar refractivity (Wildman–Crippen MR) is 66.2 cm³/mol. The van der Waals surface area contributed by atoms with Crippen molar-refractivity contribution < 1.29 is 13.6 Å². The SMILES string of the molecule is CNCCN(C)C(=O)CCc1cc(F)ccc1F. The molecule has 1 rings (SSSR count). The minimum Gasteiger partial charge on any atom is -0.344 e. The summed E-state index contributed by atoms with van der Waals surface area (Å²) in [5, 5.41) is 2.94. The third-order valence-electron chi connectivity index (χ3n) is 2.74. The molecule has 100 valence electrons. The number of hydrogen-bond donors (Lipinski definition) is 1. The van der Waals surface area contributed by atoms with Gasteiger partial charge in [0.2, 0.25) is 5.91 Å². The molecule has 1 aromatic rings. The Labute approximate surface area is 106 Å². The molecule has 18 heavy (non-hydrogen) atoms. The highest BCUT2D eigenvalue weighted by Gasteiger charge is 2.10. The first kappa shape index (κ1) is 14.6. The largest absolute Gasteiger partial charge is 0.344 e. The van der Waals surface area contributed by atoms with E-state index in [1.807, 2.05) is 0 Å². The van der Waals surface area contributed by atoms with Crippen molar-refractivity contribution >= 4 is 5.91 Å². The predicted octanol–water partition coefficient (Wildman–Crippen LogP) is 1.58. The monoisotopic (exact) mass is 256 g/mol. The van der Waals surface area contributed by atoms with Gasteiger partial charge in [-0.25, -0.2) is 8.78 Å². The van der Waals surface area contributed by atoms with Crippen LogP contribution in [0.1, 0.15) is 12.0 Å². The second-order valence-corrected chi connectivity index (χ2v) is 4.15. The van der Waals surface area contributed by atoms with Crippen LogP contribution in [0.15, 0.2) is 18.2 Å². The molecule has 0 saturated carbocycles. The molecule has 1 amide bonds. The van der Waals surface area contributed by atoms with Gasteiger partial charge in [0.15, 0.2) is 0 Å². The smallest absolute Gasteiger partial charge is 0.222 e. The van der Waals surface area contributed by atoms with Gasteiger partial charge in [0.1, 0.15) is 11.6 Å². The summed E-state index contributed by atoms with van der Waals surface area (Å²) in [6.45, 7) is 1.30. The normalized spacial score (nSPS) is 10.4. The van der Waals surface area contributed by atoms with E-state index in [-0.39, 0.29) is 24.3 Å². The molecule has 0 atom stereocenters. The first-order valence-electron chi connectivity index (χ1n) is 5.87. The highest BCUT2D eigenvalue weighted by atomic mass is 19.1. The van der Waals surface area contributed by atoms with E-state index < -0.39 is 11.6 Å². The van der Waals surface area contributed by atoms with Gasteiger partial charge in [0.05, 0.1) is 0 Å². The number of benzene rings is 1. The molecule has 0 spiro atoms. The molecule has 0 fully saturated rings. The number of aryl methyl sites for hydroxylation is 1. The van der Waals surface area contributed by atoms with E-state index in [1.165, 1.54) is 0 Å². The lowest BCUT2D eigenvalue weighted by Gasteiger charge is -2.16. The Morgan fingerprint density at radius 1 is 1.39 bits per heavy atom. The van der Waals surface area contributed by atoms with E-state index in [4.69, 9.17) is 0 Å². The fourth-order valence-electron chi connectivity index (χ4n) is 1.57. The van der Waals surface area contributed by atoms with Crippen molar-refractivity contribution in [3.8, 4) is 0 Å². The summed E-state index contributed by atoms with van der Waals surface area (Å²) in [7, 11) is 3.50. The number of carbonyl (C=O) groups is 1. The molecule has 0 heterocycles. The summed E-state index contributed by atoms with van der Waals surface area (Å²) in [4.78, 5) is 13.3. The summed E-state index contributed by atoms with van der Waals surface area (Å²) in [5.74, 6) is -1.03. The van der Waals surface area contributed by atoms with Crippen LogP contribution in [-0.4, -0.2) is 38.0 Å². The van der Waals surface area contributed by atoms with Gasteiger partial charge in [0, 0.05) is 26.6 Å². The van der Waals surface area contributed by atoms with Gasteiger partial charge in [-0.05, 0) is 37.2 Å². The van der Waals surface area contributed by atoms with Crippen molar-refractivity contribution in [2.24, 2.45) is 0 Å². The molecular weight excluding hydrogens is 238 g/mol. The van der Waals surface area contributed by atoms with Crippen LogP contribution >= 0.6 is 0 Å². The molecule has 0 aliphatic rings. The first-order valence-corrected chi connectivity index (χ1v) is 5.87. The second-order valence-electron chi connectivity index (χ2n) is 4.15. The Morgan fingerprint density at radius 2 is 2.11 bits per heavy atom. The minimum absolute atomic E-state index is 0.0751. The van der Waals surface area contributed by atoms with Crippen molar-refractivity contribution in [2.45, 2.75) is 12.8 Å². The van der Waals surface area contributed by atoms with E-state index in [9.17, 15) is 13.6 Å². The van der Waals surface area contributed by atoms with E-state index in [0.29, 0.717) is 13.1 Å². The van der Waals surface area contributed by atoms with Crippen molar-refractivity contribution in [3.63, 3.8) is 0 Å². The Bertz CT molecular complexity index is 410. The summed E-state index contributed by atoms with van der Waals surface area (Å²) in [5.41, 5.74) is 0.241. The fraction of sp³-hybridized carbons (Fsp3) is 0.462. The van der Waals surface area contributed by atoms with Gasteiger partial charge >= 0.3 is 0 Å². The van der Waals surface area contributed by atoms with E-state index >= 15 is 0 Å². The molecule has 0 bridgehead atoms. The molecule has 1 aromatic carbocycles. The van der Waals surface area contributed by atoms with Crippen LogP contribution < -0.4 is 5.32 Å². The zero-order valence-electron chi connectivity index (χ0n) is 10.7. The Hall–Kier alpha value is -1.49. The number of likely N-dealkylation sites (N-methyl/N-ethyl adjacent to an activating group) is 2. The van der Waals surface area contributed by atoms with Crippen molar-refractivity contribution in [1.29, 1.82) is 0 Å². The van der Waals surface area contributed by atoms with Crippen molar-refractivity contribution in [2.75, 3.05) is 27.2 Å². The number of halogens is 2. The van der Waals surface area contributed by atoms with Gasteiger partial charge < -0.3 is 10.2 Å². The molecule has 0 unspecified atom stereocenters. The molecule has 0 radical (unpaired) electrons. The van der Waals surface area contributed by atoms with Gasteiger partial charge in [0.25, 0.3) is 0 Å². The molecule has 1 N–H and O–H groups in total. The van der Waals surface area contributed by atoms with E-state index in [1.54, 1.807) is 19.0 Å². The zero-order valence-corrected chi connectivity index (χ0v) is 10.7. The lowest BCUT2D eigenvalue weighted by Crippen LogP contribution is -2.32. The zero-order chi connectivity index (χ0) is 13.5. The molecule has 3 nitrogen and oxygen atoms in total. The third kappa shape index (κ3) is 4.41. The lowest BCUT2D eigenvalue weighted by atomic mass is 10.1. The molecule has 0 saturated heterocycles. The summed E-state index contributed by atoms with van der Waals surface area (Å²) < 4.78 is 26.2. The summed E-state index contributed by atoms with van der Waals surface area (Å²) in [6.07, 6.45) is 0.396. The molecule has 5 heteroatoms. The van der Waals surface area contributed by atoms with Gasteiger partial charge in [-0.1, -0.05) is 0 Å².